The number of carboxylic acid groups (broad SMARTS) is 1. The topological polar surface area (TPSA) is 95.0 Å². The fourth-order valence-electron chi connectivity index (χ4n) is 5.71. The summed E-state index contributed by atoms with van der Waals surface area (Å²) in [6.07, 6.45) is 7.40. The number of nitrogens with zero attached hydrogens (tertiary/aromatic N) is 5. The molecule has 1 aliphatic carbocycles. The molecular weight excluding hydrogens is 450 g/mol. The van der Waals surface area contributed by atoms with E-state index < -0.39 is 5.97 Å². The minimum absolute atomic E-state index is 0.0562. The molecule has 0 amide bonds. The SMILES string of the molecule is CC(C)c1nn(C2CCCCC2)c2nc(C(=O)O)cc(-c3ccc(N4CCC(C)(C#N)CC4)cc3)c12. The van der Waals surface area contributed by atoms with Crippen LogP contribution >= 0.6 is 0 Å². The number of carbonyl (C=O) groups is 1. The summed E-state index contributed by atoms with van der Waals surface area (Å²) in [5, 5.41) is 25.3. The van der Waals surface area contributed by atoms with Crippen LogP contribution in [0.5, 0.6) is 0 Å². The molecule has 0 atom stereocenters. The van der Waals surface area contributed by atoms with Gasteiger partial charge in [0, 0.05) is 18.8 Å². The fraction of sp³-hybridized carbons (Fsp3) is 0.517. The first kappa shape index (κ1) is 24.3. The molecule has 0 unspecified atom stereocenters. The second kappa shape index (κ2) is 9.57. The van der Waals surface area contributed by atoms with Crippen LogP contribution in [0.3, 0.4) is 0 Å². The first-order valence-corrected chi connectivity index (χ1v) is 13.2. The lowest BCUT2D eigenvalue weighted by molar-refractivity contribution is 0.0691. The normalized spacial score (nSPS) is 18.5. The van der Waals surface area contributed by atoms with Gasteiger partial charge < -0.3 is 10.0 Å². The van der Waals surface area contributed by atoms with E-state index in [0.29, 0.717) is 5.65 Å². The van der Waals surface area contributed by atoms with Gasteiger partial charge in [-0.3, -0.25) is 0 Å². The molecule has 1 N–H and O–H groups in total. The molecule has 188 valence electrons. The maximum absolute atomic E-state index is 12.1. The van der Waals surface area contributed by atoms with Crippen LogP contribution in [0.1, 0.15) is 93.9 Å². The van der Waals surface area contributed by atoms with Gasteiger partial charge in [0.15, 0.2) is 11.3 Å². The lowest BCUT2D eigenvalue weighted by Gasteiger charge is -2.36. The third kappa shape index (κ3) is 4.45. The summed E-state index contributed by atoms with van der Waals surface area (Å²) in [4.78, 5) is 19.0. The van der Waals surface area contributed by atoms with E-state index in [1.807, 2.05) is 11.6 Å². The zero-order valence-electron chi connectivity index (χ0n) is 21.5. The number of aromatic nitrogens is 3. The second-order valence-corrected chi connectivity index (χ2v) is 11.0. The smallest absolute Gasteiger partial charge is 0.354 e. The van der Waals surface area contributed by atoms with Crippen LogP contribution in [0, 0.1) is 16.7 Å². The van der Waals surface area contributed by atoms with E-state index in [-0.39, 0.29) is 23.1 Å². The highest BCUT2D eigenvalue weighted by Crippen LogP contribution is 2.39. The molecule has 0 spiro atoms. The number of benzene rings is 1. The Morgan fingerprint density at radius 1 is 1.14 bits per heavy atom. The molecule has 0 bridgehead atoms. The predicted molar refractivity (Wildman–Crippen MR) is 141 cm³/mol. The average molecular weight is 486 g/mol. The van der Waals surface area contributed by atoms with Gasteiger partial charge >= 0.3 is 5.97 Å². The van der Waals surface area contributed by atoms with E-state index in [2.05, 4.69) is 54.1 Å². The van der Waals surface area contributed by atoms with Crippen LogP contribution in [0.2, 0.25) is 0 Å². The summed E-state index contributed by atoms with van der Waals surface area (Å²) in [5.41, 5.74) is 4.47. The molecule has 3 heterocycles. The van der Waals surface area contributed by atoms with Crippen LogP contribution in [0.4, 0.5) is 5.69 Å². The molecule has 2 aliphatic rings. The van der Waals surface area contributed by atoms with E-state index in [1.165, 1.54) is 19.3 Å². The Kier molecular flexibility index (Phi) is 6.46. The van der Waals surface area contributed by atoms with Crippen molar-refractivity contribution in [2.24, 2.45) is 5.41 Å². The lowest BCUT2D eigenvalue weighted by atomic mass is 9.82. The summed E-state index contributed by atoms with van der Waals surface area (Å²) in [6, 6.07) is 12.8. The zero-order valence-corrected chi connectivity index (χ0v) is 21.5. The van der Waals surface area contributed by atoms with Crippen molar-refractivity contribution in [3.05, 3.63) is 41.7 Å². The Morgan fingerprint density at radius 2 is 1.81 bits per heavy atom. The van der Waals surface area contributed by atoms with Crippen LogP contribution in [0.15, 0.2) is 30.3 Å². The molecule has 3 aromatic rings. The van der Waals surface area contributed by atoms with Crippen molar-refractivity contribution in [2.45, 2.75) is 77.7 Å². The molecular formula is C29H35N5O2. The van der Waals surface area contributed by atoms with Crippen molar-refractivity contribution in [3.8, 4) is 17.2 Å². The van der Waals surface area contributed by atoms with Crippen molar-refractivity contribution in [1.29, 1.82) is 5.26 Å². The summed E-state index contributed by atoms with van der Waals surface area (Å²) in [6.45, 7) is 8.03. The zero-order chi connectivity index (χ0) is 25.4. The fourth-order valence-corrected chi connectivity index (χ4v) is 5.71. The van der Waals surface area contributed by atoms with Gasteiger partial charge in [-0.2, -0.15) is 10.4 Å². The van der Waals surface area contributed by atoms with Gasteiger partial charge in [-0.15, -0.1) is 0 Å². The number of hydrogen-bond donors (Lipinski definition) is 1. The third-order valence-corrected chi connectivity index (χ3v) is 8.06. The molecule has 36 heavy (non-hydrogen) atoms. The van der Waals surface area contributed by atoms with Crippen molar-refractivity contribution in [1.82, 2.24) is 14.8 Å². The van der Waals surface area contributed by atoms with Crippen LogP contribution in [0.25, 0.3) is 22.2 Å². The molecule has 2 aromatic heterocycles. The monoisotopic (exact) mass is 485 g/mol. The first-order valence-electron chi connectivity index (χ1n) is 13.2. The van der Waals surface area contributed by atoms with Gasteiger partial charge in [0.1, 0.15) is 0 Å². The number of nitriles is 1. The largest absolute Gasteiger partial charge is 0.477 e. The molecule has 7 heteroatoms. The van der Waals surface area contributed by atoms with Crippen molar-refractivity contribution in [3.63, 3.8) is 0 Å². The molecule has 1 saturated heterocycles. The highest BCUT2D eigenvalue weighted by atomic mass is 16.4. The first-order chi connectivity index (χ1) is 17.3. The van der Waals surface area contributed by atoms with Crippen molar-refractivity contribution < 1.29 is 9.90 Å². The molecule has 1 saturated carbocycles. The van der Waals surface area contributed by atoms with Crippen LogP contribution in [-0.4, -0.2) is 38.9 Å². The highest BCUT2D eigenvalue weighted by molar-refractivity contribution is 6.00. The molecule has 5 rings (SSSR count). The maximum Gasteiger partial charge on any atom is 0.354 e. The number of anilines is 1. The minimum Gasteiger partial charge on any atom is -0.477 e. The molecule has 1 aromatic carbocycles. The summed E-state index contributed by atoms with van der Waals surface area (Å²) in [5.74, 6) is -0.832. The quantitative estimate of drug-likeness (QED) is 0.440. The highest BCUT2D eigenvalue weighted by Gasteiger charge is 2.30. The van der Waals surface area contributed by atoms with Gasteiger partial charge in [0.25, 0.3) is 0 Å². The van der Waals surface area contributed by atoms with Crippen molar-refractivity contribution >= 4 is 22.7 Å². The Morgan fingerprint density at radius 3 is 2.39 bits per heavy atom. The predicted octanol–water partition coefficient (Wildman–Crippen LogP) is 6.56. The van der Waals surface area contributed by atoms with Gasteiger partial charge in [-0.1, -0.05) is 45.2 Å². The van der Waals surface area contributed by atoms with Gasteiger partial charge in [0.2, 0.25) is 0 Å². The van der Waals surface area contributed by atoms with Gasteiger partial charge in [-0.25, -0.2) is 14.5 Å². The standard InChI is InChI=1S/C29H35N5O2/c1-19(2)26-25-23(20-9-11-21(12-10-20)33-15-13-29(3,18-30)14-16-33)17-24(28(35)36)31-27(25)34(32-26)22-7-5-4-6-8-22/h9-12,17,19,22H,4-8,13-16H2,1-3H3,(H,35,36). The molecule has 1 aliphatic heterocycles. The second-order valence-electron chi connectivity index (χ2n) is 11.0. The summed E-state index contributed by atoms with van der Waals surface area (Å²) >= 11 is 0. The summed E-state index contributed by atoms with van der Waals surface area (Å²) in [7, 11) is 0. The molecule has 0 radical (unpaired) electrons. The van der Waals surface area contributed by atoms with Crippen LogP contribution < -0.4 is 4.90 Å². The average Bonchev–Trinajstić information content (AvgIpc) is 3.29. The van der Waals surface area contributed by atoms with E-state index >= 15 is 0 Å². The molecule has 2 fully saturated rings. The number of fused-ring (bicyclic) bond motifs is 1. The van der Waals surface area contributed by atoms with E-state index in [1.54, 1.807) is 6.07 Å². The Hall–Kier alpha value is -3.40. The summed E-state index contributed by atoms with van der Waals surface area (Å²) < 4.78 is 2.02. The van der Waals surface area contributed by atoms with Gasteiger partial charge in [0.05, 0.1) is 28.6 Å². The Balaban J connectivity index is 1.58. The maximum atomic E-state index is 12.1. The number of piperidine rings is 1. The van der Waals surface area contributed by atoms with E-state index in [9.17, 15) is 15.2 Å². The van der Waals surface area contributed by atoms with Crippen molar-refractivity contribution in [2.75, 3.05) is 18.0 Å². The number of carboxylic acids is 1. The number of aromatic carboxylic acids is 1. The van der Waals surface area contributed by atoms with E-state index in [4.69, 9.17) is 5.10 Å². The number of hydrogen-bond acceptors (Lipinski definition) is 5. The van der Waals surface area contributed by atoms with Crippen LogP contribution in [-0.2, 0) is 0 Å². The third-order valence-electron chi connectivity index (χ3n) is 8.06. The Bertz CT molecular complexity index is 1300. The lowest BCUT2D eigenvalue weighted by Crippen LogP contribution is -2.37. The number of rotatable bonds is 5. The number of pyridine rings is 1. The minimum atomic E-state index is -1.02. The van der Waals surface area contributed by atoms with E-state index in [0.717, 1.165) is 66.7 Å². The Labute approximate surface area is 212 Å². The molecule has 7 nitrogen and oxygen atoms in total. The van der Waals surface area contributed by atoms with Gasteiger partial charge in [-0.05, 0) is 67.9 Å².